The van der Waals surface area contributed by atoms with Crippen molar-refractivity contribution in [2.75, 3.05) is 66.1 Å². The molecule has 4 aliphatic heterocycles. The normalized spacial score (nSPS) is 42.7. The van der Waals surface area contributed by atoms with E-state index in [1.54, 1.807) is 0 Å². The van der Waals surface area contributed by atoms with Gasteiger partial charge < -0.3 is 147 Å². The molecule has 7 unspecified atom stereocenters. The van der Waals surface area contributed by atoms with Crippen LogP contribution < -0.4 is 0 Å². The lowest BCUT2D eigenvalue weighted by Gasteiger charge is -2.40. The van der Waals surface area contributed by atoms with Crippen molar-refractivity contribution < 1.29 is 151 Å². The second kappa shape index (κ2) is 25.7. The smallest absolute Gasteiger partial charge is 0.219 e. The van der Waals surface area contributed by atoms with Gasteiger partial charge in [-0.15, -0.1) is 0 Å². The molecule has 0 aromatic carbocycles. The molecule has 30 heteroatoms. The minimum atomic E-state index is -2.17. The summed E-state index contributed by atoms with van der Waals surface area (Å²) in [6, 6.07) is 0. The van der Waals surface area contributed by atoms with Gasteiger partial charge in [0.25, 0.3) is 0 Å². The number of hydrogen-bond donors (Lipinski definition) is 25. The van der Waals surface area contributed by atoms with Crippen molar-refractivity contribution in [1.29, 1.82) is 0 Å². The van der Waals surface area contributed by atoms with Crippen molar-refractivity contribution in [3.05, 3.63) is 0 Å². The summed E-state index contributed by atoms with van der Waals surface area (Å²) in [6.07, 6.45) is -22.2. The Kier molecular flexibility index (Phi) is 25.1. The molecule has 4 saturated heterocycles. The number of hydrogen-bond acceptors (Lipinski definition) is 30. The number of ether oxygens (including phenoxy) is 4. The Morgan fingerprint density at radius 1 is 0.500 bits per heavy atom. The van der Waals surface area contributed by atoms with Crippen molar-refractivity contribution >= 4 is 5.78 Å². The molecule has 30 nitrogen and oxygen atoms in total. The topological polar surface area (TPSA) is 560 Å². The summed E-state index contributed by atoms with van der Waals surface area (Å²) in [5.41, 5.74) is 0. The molecule has 60 heavy (non-hydrogen) atoms. The highest BCUT2D eigenvalue weighted by Crippen LogP contribution is 2.29. The number of aliphatic hydroxyl groups is 25. The van der Waals surface area contributed by atoms with Gasteiger partial charge in [0.05, 0.1) is 59.5 Å². The molecule has 0 aromatic heterocycles. The molecule has 0 radical (unpaired) electrons. The van der Waals surface area contributed by atoms with Crippen LogP contribution in [0.1, 0.15) is 0 Å². The van der Waals surface area contributed by atoms with Crippen molar-refractivity contribution in [1.82, 2.24) is 0 Å². The molecule has 0 aromatic rings. The fraction of sp³-hybridized carbons (Fsp3) is 0.967. The Bertz CT molecular complexity index is 1130. The Balaban J connectivity index is 0.000000725. The Hall–Kier alpha value is -1.49. The fourth-order valence-electron chi connectivity index (χ4n) is 4.96. The molecule has 25 N–H and O–H groups in total. The first-order valence-electron chi connectivity index (χ1n) is 17.4. The summed E-state index contributed by atoms with van der Waals surface area (Å²) in [7, 11) is 0. The van der Waals surface area contributed by atoms with Crippen LogP contribution in [0.5, 0.6) is 0 Å². The van der Waals surface area contributed by atoms with Crippen molar-refractivity contribution in [2.45, 2.75) is 115 Å². The van der Waals surface area contributed by atoms with E-state index in [1.165, 1.54) is 0 Å². The van der Waals surface area contributed by atoms with Crippen LogP contribution in [0, 0.1) is 0 Å². The van der Waals surface area contributed by atoms with Crippen LogP contribution in [0.25, 0.3) is 0 Å². The molecule has 0 spiro atoms. The van der Waals surface area contributed by atoms with E-state index >= 15 is 0 Å². The average molecular weight is 901 g/mol. The third-order valence-electron chi connectivity index (χ3n) is 9.07. The quantitative estimate of drug-likeness (QED) is 0.0915. The maximum atomic E-state index is 10.5. The molecule has 0 amide bonds. The van der Waals surface area contributed by atoms with Crippen molar-refractivity contribution in [3.63, 3.8) is 0 Å². The lowest BCUT2D eigenvalue weighted by Crippen LogP contribution is -2.62. The van der Waals surface area contributed by atoms with E-state index in [2.05, 4.69) is 18.9 Å². The summed E-state index contributed by atoms with van der Waals surface area (Å²) >= 11 is 0. The molecule has 4 heterocycles. The largest absolute Gasteiger partial charge is 0.394 e. The second-order valence-electron chi connectivity index (χ2n) is 13.5. The van der Waals surface area contributed by atoms with Crippen LogP contribution in [0.4, 0.5) is 0 Å². The molecule has 19 atom stereocenters. The van der Waals surface area contributed by atoms with Gasteiger partial charge in [-0.25, -0.2) is 0 Å². The molecular weight excluding hydrogens is 840 g/mol. The Labute approximate surface area is 338 Å². The highest BCUT2D eigenvalue weighted by molar-refractivity contribution is 5.84. The van der Waals surface area contributed by atoms with E-state index in [-0.39, 0.29) is 13.2 Å². The van der Waals surface area contributed by atoms with Gasteiger partial charge in [0.2, 0.25) is 23.1 Å². The highest BCUT2D eigenvalue weighted by atomic mass is 16.7. The number of rotatable bonds is 11. The molecule has 4 fully saturated rings. The van der Waals surface area contributed by atoms with Crippen molar-refractivity contribution in [3.8, 4) is 0 Å². The van der Waals surface area contributed by atoms with Crippen LogP contribution in [-0.2, 0) is 23.7 Å². The maximum Gasteiger partial charge on any atom is 0.219 e. The summed E-state index contributed by atoms with van der Waals surface area (Å²) in [6.45, 7) is -6.72. The first kappa shape index (κ1) is 58.5. The maximum absolute atomic E-state index is 10.5. The first-order valence-corrected chi connectivity index (χ1v) is 17.4. The number of carbonyl (C=O) groups is 1. The zero-order chi connectivity index (χ0) is 47.1. The lowest BCUT2D eigenvalue weighted by atomic mass is 9.98. The molecule has 4 rings (SSSR count). The van der Waals surface area contributed by atoms with Gasteiger partial charge in [-0.05, 0) is 0 Å². The molecule has 0 bridgehead atoms. The van der Waals surface area contributed by atoms with Gasteiger partial charge in [-0.1, -0.05) is 0 Å². The molecular formula is C30H60O30. The predicted molar refractivity (Wildman–Crippen MR) is 181 cm³/mol. The SMILES string of the molecule is O=C(CO)C(O)C(O)C(O)CO.OC[C@@]1(O)OC[C@@H](O)[C@H](O)C1O.OC[C@H]1O[C@@](O)(CO)[C@H](O)C1O.OC[C@H]1O[C@](O)(CO)[C@H](O)C1O.OC[C@]1(O)OC[C@@H](O)[C@H](O)C1O. The van der Waals surface area contributed by atoms with E-state index in [1.807, 2.05) is 0 Å². The average Bonchev–Trinajstić information content (AvgIpc) is 3.63. The van der Waals surface area contributed by atoms with Crippen molar-refractivity contribution in [2.24, 2.45) is 0 Å². The van der Waals surface area contributed by atoms with Gasteiger partial charge in [0.1, 0.15) is 98.2 Å². The minimum Gasteiger partial charge on any atom is -0.394 e. The first-order chi connectivity index (χ1) is 27.7. The molecule has 360 valence electrons. The van der Waals surface area contributed by atoms with Gasteiger partial charge in [-0.3, -0.25) is 4.79 Å². The lowest BCUT2D eigenvalue weighted by molar-refractivity contribution is -0.331. The summed E-state index contributed by atoms with van der Waals surface area (Å²) in [5, 5.41) is 222. The van der Waals surface area contributed by atoms with E-state index < -0.39 is 173 Å². The van der Waals surface area contributed by atoms with E-state index in [0.717, 1.165) is 0 Å². The van der Waals surface area contributed by atoms with Crippen LogP contribution in [0.2, 0.25) is 0 Å². The number of ketones is 1. The number of Topliss-reactive ketones (excluding diaryl/α,β-unsaturated/α-hetero) is 1. The third kappa shape index (κ3) is 14.8. The zero-order valence-electron chi connectivity index (χ0n) is 31.5. The van der Waals surface area contributed by atoms with E-state index in [9.17, 15) is 25.2 Å². The fourth-order valence-corrected chi connectivity index (χ4v) is 4.96. The zero-order valence-corrected chi connectivity index (χ0v) is 31.5. The summed E-state index contributed by atoms with van der Waals surface area (Å²) in [4.78, 5) is 10.5. The second-order valence-corrected chi connectivity index (χ2v) is 13.5. The van der Waals surface area contributed by atoms with Gasteiger partial charge in [-0.2, -0.15) is 0 Å². The van der Waals surface area contributed by atoms with Gasteiger partial charge in [0, 0.05) is 0 Å². The molecule has 0 aliphatic carbocycles. The van der Waals surface area contributed by atoms with Crippen LogP contribution in [0.15, 0.2) is 0 Å². The molecule has 0 saturated carbocycles. The van der Waals surface area contributed by atoms with E-state index in [4.69, 9.17) is 107 Å². The monoisotopic (exact) mass is 900 g/mol. The highest BCUT2D eigenvalue weighted by Gasteiger charge is 2.54. The minimum absolute atomic E-state index is 0.324. The van der Waals surface area contributed by atoms with Gasteiger partial charge >= 0.3 is 0 Å². The van der Waals surface area contributed by atoms with Crippen LogP contribution in [0.3, 0.4) is 0 Å². The predicted octanol–water partition coefficient (Wildman–Crippen LogP) is -16.3. The Morgan fingerprint density at radius 3 is 1.02 bits per heavy atom. The Morgan fingerprint density at radius 2 is 0.800 bits per heavy atom. The third-order valence-corrected chi connectivity index (χ3v) is 9.07. The van der Waals surface area contributed by atoms with E-state index in [0.29, 0.717) is 0 Å². The number of carbonyl (C=O) groups excluding carboxylic acids is 1. The summed E-state index contributed by atoms with van der Waals surface area (Å²) in [5.74, 6) is -9.66. The molecule has 4 aliphatic rings. The summed E-state index contributed by atoms with van der Waals surface area (Å²) < 4.78 is 18.4. The van der Waals surface area contributed by atoms with Crippen LogP contribution in [-0.4, -0.2) is 314 Å². The standard InChI is InChI=1S/5C6H12O6/c2*7-2-6(11)5(10)4(9)3(8)1-12-6;2*7-1-3-4(9)5(10)6(11,2-8)12-3;7-1-3(9)5(11)6(12)4(10)2-8/h4*3-5,7-11H,1-2H2;3,5-9,11-12H,1-2H2/t3-,4+,5?,6+;3-,4+,5?,6-;3-,4?,5-,6+;3-,4?,5-,6-;/m1111./s1. The van der Waals surface area contributed by atoms with Gasteiger partial charge in [0.15, 0.2) is 5.78 Å². The number of aliphatic hydroxyl groups excluding tert-OH is 21. The van der Waals surface area contributed by atoms with Crippen LogP contribution >= 0.6 is 0 Å².